The summed E-state index contributed by atoms with van der Waals surface area (Å²) in [6, 6.07) is 7.33. The lowest BCUT2D eigenvalue weighted by atomic mass is 10.0. The van der Waals surface area contributed by atoms with Gasteiger partial charge in [0, 0.05) is 11.8 Å². The van der Waals surface area contributed by atoms with E-state index in [0.29, 0.717) is 10.5 Å². The molecule has 0 fully saturated rings. The van der Waals surface area contributed by atoms with Crippen molar-refractivity contribution in [2.24, 2.45) is 0 Å². The minimum absolute atomic E-state index is 0.0962. The highest BCUT2D eigenvalue weighted by atomic mass is 16.6. The molecule has 0 bridgehead atoms. The number of benzene rings is 1. The molecular weight excluding hydrogens is 424 g/mol. The van der Waals surface area contributed by atoms with Crippen LogP contribution in [0, 0.1) is 13.8 Å². The van der Waals surface area contributed by atoms with E-state index in [1.54, 1.807) is 41.5 Å². The molecule has 0 N–H and O–H groups in total. The molecule has 0 saturated carbocycles. The molecule has 8 heteroatoms. The van der Waals surface area contributed by atoms with Crippen LogP contribution >= 0.6 is 0 Å². The van der Waals surface area contributed by atoms with E-state index in [1.807, 2.05) is 32.0 Å². The van der Waals surface area contributed by atoms with Crippen LogP contribution in [0.4, 0.5) is 15.3 Å². The smallest absolute Gasteiger partial charge is 0.424 e. The maximum absolute atomic E-state index is 13.1. The third-order valence-corrected chi connectivity index (χ3v) is 4.48. The Bertz CT molecular complexity index is 1040. The summed E-state index contributed by atoms with van der Waals surface area (Å²) in [4.78, 5) is 43.6. The van der Waals surface area contributed by atoms with Crippen LogP contribution < -0.4 is 4.90 Å². The second-order valence-electron chi connectivity index (χ2n) is 9.68. The predicted molar refractivity (Wildman–Crippen MR) is 125 cm³/mol. The van der Waals surface area contributed by atoms with Gasteiger partial charge in [0.1, 0.15) is 11.2 Å². The molecule has 1 aromatic heterocycles. The molecule has 1 heterocycles. The summed E-state index contributed by atoms with van der Waals surface area (Å²) in [5.41, 5.74) is 1.45. The Morgan fingerprint density at radius 2 is 1.36 bits per heavy atom. The number of nitrogens with zero attached hydrogens (tertiary/aromatic N) is 2. The van der Waals surface area contributed by atoms with Crippen LogP contribution in [-0.4, -0.2) is 41.5 Å². The Labute approximate surface area is 194 Å². The number of hydrogen-bond donors (Lipinski definition) is 0. The summed E-state index contributed by atoms with van der Waals surface area (Å²) in [5, 5.41) is 0. The summed E-state index contributed by atoms with van der Waals surface area (Å²) >= 11 is 0. The highest BCUT2D eigenvalue weighted by molar-refractivity contribution is 6.13. The fourth-order valence-electron chi connectivity index (χ4n) is 2.84. The molecule has 0 aliphatic rings. The normalized spacial score (nSPS) is 11.5. The van der Waals surface area contributed by atoms with Gasteiger partial charge in [0.2, 0.25) is 0 Å². The van der Waals surface area contributed by atoms with Crippen LogP contribution in [0.1, 0.15) is 63.2 Å². The number of esters is 1. The Balaban J connectivity index is 2.73. The topological polar surface area (TPSA) is 95.0 Å². The van der Waals surface area contributed by atoms with E-state index in [0.717, 1.165) is 16.7 Å². The molecule has 0 saturated heterocycles. The number of amides is 2. The molecule has 1 aromatic carbocycles. The second-order valence-corrected chi connectivity index (χ2v) is 9.68. The molecule has 8 nitrogen and oxygen atoms in total. The molecule has 0 unspecified atom stereocenters. The lowest BCUT2D eigenvalue weighted by Crippen LogP contribution is -2.44. The maximum atomic E-state index is 13.1. The largest absolute Gasteiger partial charge is 0.464 e. The molecular formula is C25H32N2O6. The van der Waals surface area contributed by atoms with E-state index >= 15 is 0 Å². The van der Waals surface area contributed by atoms with Gasteiger partial charge in [-0.2, -0.15) is 4.90 Å². The standard InChI is InChI=1S/C25H32N2O6/c1-15-10-11-17(12-16(15)2)18-13-19(20(26-14-18)21(28)31-9)27(22(29)32-24(3,4)5)23(30)33-25(6,7)8/h10-14H,1-9H3. The van der Waals surface area contributed by atoms with Gasteiger partial charge in [0.05, 0.1) is 12.8 Å². The average molecular weight is 457 g/mol. The van der Waals surface area contributed by atoms with E-state index in [4.69, 9.17) is 14.2 Å². The highest BCUT2D eigenvalue weighted by Gasteiger charge is 2.36. The van der Waals surface area contributed by atoms with Crippen molar-refractivity contribution in [1.29, 1.82) is 0 Å². The number of carbonyl (C=O) groups excluding carboxylic acids is 3. The summed E-state index contributed by atoms with van der Waals surface area (Å²) in [6.07, 6.45) is -0.510. The lowest BCUT2D eigenvalue weighted by molar-refractivity contribution is 0.0430. The van der Waals surface area contributed by atoms with Crippen LogP contribution in [0.3, 0.4) is 0 Å². The quantitative estimate of drug-likeness (QED) is 0.424. The van der Waals surface area contributed by atoms with Crippen molar-refractivity contribution in [1.82, 2.24) is 4.98 Å². The monoisotopic (exact) mass is 456 g/mol. The van der Waals surface area contributed by atoms with E-state index in [-0.39, 0.29) is 11.4 Å². The van der Waals surface area contributed by atoms with Gasteiger partial charge in [-0.25, -0.2) is 19.4 Å². The zero-order valence-corrected chi connectivity index (χ0v) is 20.7. The van der Waals surface area contributed by atoms with Gasteiger partial charge in [0.25, 0.3) is 0 Å². The zero-order valence-electron chi connectivity index (χ0n) is 20.7. The second kappa shape index (κ2) is 9.60. The number of carbonyl (C=O) groups is 3. The molecule has 33 heavy (non-hydrogen) atoms. The van der Waals surface area contributed by atoms with Crippen molar-refractivity contribution >= 4 is 23.8 Å². The predicted octanol–water partition coefficient (Wildman–Crippen LogP) is 5.83. The Morgan fingerprint density at radius 1 is 0.818 bits per heavy atom. The number of ether oxygens (including phenoxy) is 3. The highest BCUT2D eigenvalue weighted by Crippen LogP contribution is 2.30. The number of anilines is 1. The number of hydrogen-bond acceptors (Lipinski definition) is 7. The van der Waals surface area contributed by atoms with Crippen molar-refractivity contribution < 1.29 is 28.6 Å². The summed E-state index contributed by atoms with van der Waals surface area (Å²) in [6.45, 7) is 14.0. The molecule has 0 aliphatic carbocycles. The summed E-state index contributed by atoms with van der Waals surface area (Å²) < 4.78 is 15.7. The van der Waals surface area contributed by atoms with Crippen LogP contribution in [0.15, 0.2) is 30.5 Å². The molecule has 0 aliphatic heterocycles. The number of aromatic nitrogens is 1. The van der Waals surface area contributed by atoms with Crippen LogP contribution in [0.5, 0.6) is 0 Å². The number of rotatable bonds is 3. The first-order chi connectivity index (χ1) is 15.1. The summed E-state index contributed by atoms with van der Waals surface area (Å²) in [5.74, 6) is -0.811. The first-order valence-electron chi connectivity index (χ1n) is 10.5. The van der Waals surface area contributed by atoms with Gasteiger partial charge in [-0.3, -0.25) is 0 Å². The molecule has 2 amide bonds. The van der Waals surface area contributed by atoms with Crippen molar-refractivity contribution in [3.05, 3.63) is 47.3 Å². The minimum atomic E-state index is -0.999. The van der Waals surface area contributed by atoms with Gasteiger partial charge >= 0.3 is 18.2 Å². The fraction of sp³-hybridized carbons (Fsp3) is 0.440. The molecule has 0 spiro atoms. The molecule has 2 aromatic rings. The van der Waals surface area contributed by atoms with Gasteiger partial charge < -0.3 is 14.2 Å². The Hall–Kier alpha value is -3.42. The molecule has 2 rings (SSSR count). The van der Waals surface area contributed by atoms with E-state index in [9.17, 15) is 14.4 Å². The van der Waals surface area contributed by atoms with Crippen LogP contribution in [0.25, 0.3) is 11.1 Å². The molecule has 0 atom stereocenters. The van der Waals surface area contributed by atoms with E-state index in [2.05, 4.69) is 4.98 Å². The maximum Gasteiger partial charge on any atom is 0.424 e. The minimum Gasteiger partial charge on any atom is -0.464 e. The third kappa shape index (κ3) is 6.78. The van der Waals surface area contributed by atoms with Crippen molar-refractivity contribution in [2.75, 3.05) is 12.0 Å². The number of pyridine rings is 1. The van der Waals surface area contributed by atoms with E-state index in [1.165, 1.54) is 19.4 Å². The molecule has 178 valence electrons. The van der Waals surface area contributed by atoms with Gasteiger partial charge in [-0.1, -0.05) is 18.2 Å². The number of aryl methyl sites for hydroxylation is 2. The van der Waals surface area contributed by atoms with Gasteiger partial charge in [0.15, 0.2) is 5.69 Å². The van der Waals surface area contributed by atoms with Gasteiger partial charge in [-0.15, -0.1) is 0 Å². The van der Waals surface area contributed by atoms with E-state index < -0.39 is 29.4 Å². The average Bonchev–Trinajstić information content (AvgIpc) is 2.66. The zero-order chi connectivity index (χ0) is 25.1. The Kier molecular flexibility index (Phi) is 7.52. The third-order valence-electron chi connectivity index (χ3n) is 4.48. The first-order valence-corrected chi connectivity index (χ1v) is 10.5. The van der Waals surface area contributed by atoms with Crippen molar-refractivity contribution in [2.45, 2.75) is 66.6 Å². The van der Waals surface area contributed by atoms with Crippen LogP contribution in [0.2, 0.25) is 0 Å². The number of methoxy groups -OCH3 is 1. The van der Waals surface area contributed by atoms with Gasteiger partial charge in [-0.05, 0) is 78.1 Å². The first kappa shape index (κ1) is 25.8. The Morgan fingerprint density at radius 3 is 1.82 bits per heavy atom. The lowest BCUT2D eigenvalue weighted by Gasteiger charge is -2.29. The summed E-state index contributed by atoms with van der Waals surface area (Å²) in [7, 11) is 1.19. The van der Waals surface area contributed by atoms with Crippen molar-refractivity contribution in [3.63, 3.8) is 0 Å². The SMILES string of the molecule is COC(=O)c1ncc(-c2ccc(C)c(C)c2)cc1N(C(=O)OC(C)(C)C)C(=O)OC(C)(C)C. The number of imide groups is 1. The van der Waals surface area contributed by atoms with Crippen LogP contribution in [-0.2, 0) is 14.2 Å². The van der Waals surface area contributed by atoms with Crippen molar-refractivity contribution in [3.8, 4) is 11.1 Å². The fourth-order valence-corrected chi connectivity index (χ4v) is 2.84. The molecule has 0 radical (unpaired) electrons.